The van der Waals surface area contributed by atoms with Crippen LogP contribution in [0.25, 0.3) is 22.1 Å². The summed E-state index contributed by atoms with van der Waals surface area (Å²) < 4.78 is 6.16. The lowest BCUT2D eigenvalue weighted by atomic mass is 9.76. The fraction of sp³-hybridized carbons (Fsp3) is 0.429. The normalized spacial score (nSPS) is 22.5. The number of ketones is 1. The van der Waals surface area contributed by atoms with Crippen LogP contribution in [0.3, 0.4) is 0 Å². The summed E-state index contributed by atoms with van der Waals surface area (Å²) in [4.78, 5) is 28.0. The van der Waals surface area contributed by atoms with E-state index in [4.69, 9.17) is 4.42 Å². The molecule has 0 radical (unpaired) electrons. The summed E-state index contributed by atoms with van der Waals surface area (Å²) in [7, 11) is 0. The van der Waals surface area contributed by atoms with Crippen LogP contribution >= 0.6 is 0 Å². The van der Waals surface area contributed by atoms with Crippen LogP contribution in [0, 0.1) is 17.3 Å². The number of carbonyl (C=O) groups excluding carboxylic acids is 2. The Bertz CT molecular complexity index is 1200. The number of fused-ring (bicyclic) bond motifs is 4. The van der Waals surface area contributed by atoms with Crippen molar-refractivity contribution in [3.05, 3.63) is 54.3 Å². The third kappa shape index (κ3) is 4.47. The van der Waals surface area contributed by atoms with Gasteiger partial charge in [0.25, 0.3) is 0 Å². The van der Waals surface area contributed by atoms with Crippen LogP contribution in [-0.2, 0) is 4.79 Å². The molecular formula is C28H32N2O3. The van der Waals surface area contributed by atoms with E-state index in [0.717, 1.165) is 28.7 Å². The molecule has 1 aromatic heterocycles. The summed E-state index contributed by atoms with van der Waals surface area (Å²) >= 11 is 0. The molecule has 2 aromatic carbocycles. The molecule has 4 heterocycles. The lowest BCUT2D eigenvalue weighted by Crippen LogP contribution is -2.47. The molecule has 0 aliphatic carbocycles. The Morgan fingerprint density at radius 3 is 2.52 bits per heavy atom. The Balaban J connectivity index is 1.40. The van der Waals surface area contributed by atoms with Gasteiger partial charge in [0.2, 0.25) is 5.91 Å². The van der Waals surface area contributed by atoms with Crippen molar-refractivity contribution in [1.82, 2.24) is 4.90 Å². The molecule has 3 aliphatic rings. The van der Waals surface area contributed by atoms with E-state index in [-0.39, 0.29) is 11.7 Å². The first-order valence-corrected chi connectivity index (χ1v) is 12.0. The topological polar surface area (TPSA) is 62.6 Å². The predicted octanol–water partition coefficient (Wildman–Crippen LogP) is 6.00. The Morgan fingerprint density at radius 2 is 1.82 bits per heavy atom. The van der Waals surface area contributed by atoms with Gasteiger partial charge in [-0.2, -0.15) is 0 Å². The Morgan fingerprint density at radius 1 is 1.06 bits per heavy atom. The molecule has 1 atom stereocenters. The Labute approximate surface area is 195 Å². The zero-order valence-corrected chi connectivity index (χ0v) is 19.7. The number of carbonyl (C=O) groups is 2. The van der Waals surface area contributed by atoms with E-state index < -0.39 is 5.41 Å². The number of hydrogen-bond donors (Lipinski definition) is 1. The molecule has 6 rings (SSSR count). The van der Waals surface area contributed by atoms with E-state index in [2.05, 4.69) is 10.2 Å². The van der Waals surface area contributed by atoms with Gasteiger partial charge in [-0.1, -0.05) is 51.1 Å². The molecule has 3 fully saturated rings. The summed E-state index contributed by atoms with van der Waals surface area (Å²) in [5.41, 5.74) is 2.85. The summed E-state index contributed by atoms with van der Waals surface area (Å²) in [5, 5.41) is 3.92. The molecular weight excluding hydrogens is 412 g/mol. The number of nitrogens with zero attached hydrogens (tertiary/aromatic N) is 1. The van der Waals surface area contributed by atoms with Gasteiger partial charge < -0.3 is 14.6 Å². The maximum Gasteiger partial charge on any atom is 0.229 e. The van der Waals surface area contributed by atoms with Gasteiger partial charge >= 0.3 is 0 Å². The number of nitrogens with one attached hydrogen (secondary N) is 1. The maximum atomic E-state index is 13.1. The van der Waals surface area contributed by atoms with Gasteiger partial charge in [0, 0.05) is 35.0 Å². The molecule has 0 saturated carbocycles. The highest BCUT2D eigenvalue weighted by Gasteiger charge is 2.35. The summed E-state index contributed by atoms with van der Waals surface area (Å²) in [6, 6.07) is 15.6. The molecule has 3 aromatic rings. The number of benzene rings is 2. The summed E-state index contributed by atoms with van der Waals surface area (Å²) in [5.74, 6) is 1.63. The van der Waals surface area contributed by atoms with Crippen LogP contribution in [0.2, 0.25) is 0 Å². The third-order valence-electron chi connectivity index (χ3n) is 7.17. The van der Waals surface area contributed by atoms with Crippen molar-refractivity contribution in [1.29, 1.82) is 0 Å². The molecule has 5 nitrogen and oxygen atoms in total. The number of rotatable bonds is 5. The van der Waals surface area contributed by atoms with E-state index >= 15 is 0 Å². The molecule has 1 N–H and O–H groups in total. The monoisotopic (exact) mass is 444 g/mol. The minimum atomic E-state index is -0.471. The number of amides is 1. The number of piperidine rings is 3. The van der Waals surface area contributed by atoms with Crippen molar-refractivity contribution >= 4 is 28.3 Å². The minimum absolute atomic E-state index is 0.0310. The second-order valence-electron chi connectivity index (χ2n) is 10.6. The molecule has 5 heteroatoms. The lowest BCUT2D eigenvalue weighted by Gasteiger charge is -2.44. The van der Waals surface area contributed by atoms with Gasteiger partial charge in [0.15, 0.2) is 11.5 Å². The highest BCUT2D eigenvalue weighted by molar-refractivity contribution is 6.01. The van der Waals surface area contributed by atoms with Crippen LogP contribution < -0.4 is 5.32 Å². The highest BCUT2D eigenvalue weighted by atomic mass is 16.3. The van der Waals surface area contributed by atoms with Gasteiger partial charge in [0.1, 0.15) is 5.58 Å². The number of anilines is 1. The van der Waals surface area contributed by atoms with Crippen LogP contribution in [-0.4, -0.2) is 36.2 Å². The molecule has 1 amide bonds. The van der Waals surface area contributed by atoms with Gasteiger partial charge in [-0.15, -0.1) is 0 Å². The van der Waals surface area contributed by atoms with E-state index in [1.807, 2.05) is 69.3 Å². The van der Waals surface area contributed by atoms with Crippen LogP contribution in [0.1, 0.15) is 50.6 Å². The van der Waals surface area contributed by atoms with Gasteiger partial charge in [-0.05, 0) is 61.5 Å². The van der Waals surface area contributed by atoms with Crippen molar-refractivity contribution < 1.29 is 14.0 Å². The third-order valence-corrected chi connectivity index (χ3v) is 7.17. The SMILES string of the molecule is CC(C)(C)C(=O)Nc1cccc(-c2cccc3cc(C(=O)C[C@H]4CN5CCC4CC5)oc23)c1. The average molecular weight is 445 g/mol. The largest absolute Gasteiger partial charge is 0.452 e. The number of furan rings is 1. The van der Waals surface area contributed by atoms with Crippen molar-refractivity contribution in [3.63, 3.8) is 0 Å². The number of para-hydroxylation sites is 1. The summed E-state index contributed by atoms with van der Waals surface area (Å²) in [6.07, 6.45) is 2.99. The Kier molecular flexibility index (Phi) is 5.61. The Hall–Kier alpha value is -2.92. The zero-order chi connectivity index (χ0) is 23.2. The van der Waals surface area contributed by atoms with Crippen molar-refractivity contribution in [2.75, 3.05) is 25.0 Å². The van der Waals surface area contributed by atoms with Gasteiger partial charge in [-0.3, -0.25) is 9.59 Å². The first-order valence-electron chi connectivity index (χ1n) is 12.0. The van der Waals surface area contributed by atoms with Crippen molar-refractivity contribution in [3.8, 4) is 11.1 Å². The standard InChI is InChI=1S/C28H32N2O3/c1-28(2,3)27(32)29-22-8-4-6-19(14-22)23-9-5-7-20-16-25(33-26(20)23)24(31)15-21-17-30-12-10-18(21)11-13-30/h4-9,14,16,18,21H,10-13,15,17H2,1-3H3,(H,29,32)/t21-/m0/s1. The molecule has 3 aliphatic heterocycles. The van der Waals surface area contributed by atoms with E-state index in [1.54, 1.807) is 0 Å². The molecule has 0 unspecified atom stereocenters. The number of Topliss-reactive ketones (excluding diaryl/α,β-unsaturated/α-hetero) is 1. The first kappa shape index (κ1) is 21.9. The minimum Gasteiger partial charge on any atom is -0.452 e. The van der Waals surface area contributed by atoms with Crippen molar-refractivity contribution in [2.45, 2.75) is 40.0 Å². The second kappa shape index (κ2) is 8.45. The lowest BCUT2D eigenvalue weighted by molar-refractivity contribution is -0.123. The van der Waals surface area contributed by atoms with E-state index in [0.29, 0.717) is 29.6 Å². The quantitative estimate of drug-likeness (QED) is 0.490. The molecule has 3 saturated heterocycles. The first-order chi connectivity index (χ1) is 15.8. The number of hydrogen-bond acceptors (Lipinski definition) is 4. The maximum absolute atomic E-state index is 13.1. The molecule has 2 bridgehead atoms. The van der Waals surface area contributed by atoms with Crippen LogP contribution in [0.4, 0.5) is 5.69 Å². The van der Waals surface area contributed by atoms with Crippen LogP contribution in [0.15, 0.2) is 52.9 Å². The van der Waals surface area contributed by atoms with E-state index in [1.165, 1.54) is 25.9 Å². The van der Waals surface area contributed by atoms with Gasteiger partial charge in [0.05, 0.1) is 0 Å². The summed E-state index contributed by atoms with van der Waals surface area (Å²) in [6.45, 7) is 9.07. The van der Waals surface area contributed by atoms with E-state index in [9.17, 15) is 9.59 Å². The smallest absolute Gasteiger partial charge is 0.229 e. The average Bonchev–Trinajstić information content (AvgIpc) is 3.24. The molecule has 0 spiro atoms. The van der Waals surface area contributed by atoms with Crippen LogP contribution in [0.5, 0.6) is 0 Å². The molecule has 172 valence electrons. The van der Waals surface area contributed by atoms with Gasteiger partial charge in [-0.25, -0.2) is 0 Å². The van der Waals surface area contributed by atoms with Crippen molar-refractivity contribution in [2.24, 2.45) is 17.3 Å². The zero-order valence-electron chi connectivity index (χ0n) is 19.7. The second-order valence-corrected chi connectivity index (χ2v) is 10.6. The molecule has 33 heavy (non-hydrogen) atoms. The fourth-order valence-electron chi connectivity index (χ4n) is 5.17. The fourth-order valence-corrected chi connectivity index (χ4v) is 5.17. The predicted molar refractivity (Wildman–Crippen MR) is 131 cm³/mol. The highest BCUT2D eigenvalue weighted by Crippen LogP contribution is 2.37.